The number of rotatable bonds is 5. The molecule has 2 rings (SSSR count). The van der Waals surface area contributed by atoms with E-state index in [1.165, 1.54) is 16.1 Å². The minimum Gasteiger partial charge on any atom is -0.378 e. The molecule has 1 aromatic carbocycles. The predicted octanol–water partition coefficient (Wildman–Crippen LogP) is 4.32. The van der Waals surface area contributed by atoms with E-state index in [1.54, 1.807) is 11.3 Å². The van der Waals surface area contributed by atoms with Crippen LogP contribution in [0.15, 0.2) is 36.4 Å². The summed E-state index contributed by atoms with van der Waals surface area (Å²) < 4.78 is 0.846. The molecule has 0 bridgehead atoms. The SMILES string of the molecule is CC(NCc1ccc(N(C)C)cc1)c1ccc(Cl)s1. The second kappa shape index (κ2) is 6.42. The number of hydrogen-bond donors (Lipinski definition) is 1. The summed E-state index contributed by atoms with van der Waals surface area (Å²) >= 11 is 7.59. The third kappa shape index (κ3) is 3.96. The molecule has 0 radical (unpaired) electrons. The standard InChI is InChI=1S/C15H19ClN2S/c1-11(14-8-9-15(16)19-14)17-10-12-4-6-13(7-5-12)18(2)3/h4-9,11,17H,10H2,1-3H3. The number of halogens is 1. The van der Waals surface area contributed by atoms with Gasteiger partial charge in [-0.3, -0.25) is 0 Å². The first-order valence-electron chi connectivity index (χ1n) is 6.31. The summed E-state index contributed by atoms with van der Waals surface area (Å²) in [4.78, 5) is 3.38. The van der Waals surface area contributed by atoms with Crippen molar-refractivity contribution >= 4 is 28.6 Å². The van der Waals surface area contributed by atoms with Crippen molar-refractivity contribution in [1.29, 1.82) is 0 Å². The fourth-order valence-corrected chi connectivity index (χ4v) is 2.93. The van der Waals surface area contributed by atoms with E-state index >= 15 is 0 Å². The third-order valence-corrected chi connectivity index (χ3v) is 4.50. The van der Waals surface area contributed by atoms with Gasteiger partial charge in [0, 0.05) is 37.2 Å². The maximum atomic E-state index is 5.95. The van der Waals surface area contributed by atoms with Gasteiger partial charge in [0.2, 0.25) is 0 Å². The molecule has 19 heavy (non-hydrogen) atoms. The van der Waals surface area contributed by atoms with Crippen LogP contribution in [0.5, 0.6) is 0 Å². The minimum atomic E-state index is 0.325. The highest BCUT2D eigenvalue weighted by molar-refractivity contribution is 7.16. The first-order chi connectivity index (χ1) is 9.06. The van der Waals surface area contributed by atoms with Gasteiger partial charge < -0.3 is 10.2 Å². The van der Waals surface area contributed by atoms with Crippen molar-refractivity contribution < 1.29 is 0 Å². The average Bonchev–Trinajstić information content (AvgIpc) is 2.83. The van der Waals surface area contributed by atoms with Gasteiger partial charge in [0.1, 0.15) is 0 Å². The number of thiophene rings is 1. The van der Waals surface area contributed by atoms with Crippen molar-refractivity contribution in [2.24, 2.45) is 0 Å². The maximum absolute atomic E-state index is 5.95. The normalized spacial score (nSPS) is 12.4. The molecule has 0 spiro atoms. The molecule has 0 aliphatic rings. The van der Waals surface area contributed by atoms with Crippen LogP contribution in [0.1, 0.15) is 23.4 Å². The summed E-state index contributed by atoms with van der Waals surface area (Å²) in [5, 5.41) is 3.52. The number of hydrogen-bond acceptors (Lipinski definition) is 3. The van der Waals surface area contributed by atoms with Gasteiger partial charge in [0.05, 0.1) is 4.34 Å². The summed E-state index contributed by atoms with van der Waals surface area (Å²) in [5.74, 6) is 0. The zero-order valence-corrected chi connectivity index (χ0v) is 13.1. The largest absolute Gasteiger partial charge is 0.378 e. The molecule has 1 N–H and O–H groups in total. The Kier molecular flexibility index (Phi) is 4.86. The van der Waals surface area contributed by atoms with E-state index in [0.29, 0.717) is 6.04 Å². The van der Waals surface area contributed by atoms with Crippen LogP contribution < -0.4 is 10.2 Å². The first-order valence-corrected chi connectivity index (χ1v) is 7.50. The molecule has 0 aliphatic carbocycles. The lowest BCUT2D eigenvalue weighted by Crippen LogP contribution is -2.17. The van der Waals surface area contributed by atoms with Crippen LogP contribution in [0.2, 0.25) is 4.34 Å². The molecule has 0 saturated heterocycles. The Morgan fingerprint density at radius 1 is 1.16 bits per heavy atom. The van der Waals surface area contributed by atoms with Gasteiger partial charge in [0.25, 0.3) is 0 Å². The van der Waals surface area contributed by atoms with Crippen LogP contribution in [0.4, 0.5) is 5.69 Å². The lowest BCUT2D eigenvalue weighted by atomic mass is 10.2. The molecule has 1 heterocycles. The number of nitrogens with one attached hydrogen (secondary N) is 1. The quantitative estimate of drug-likeness (QED) is 0.883. The van der Waals surface area contributed by atoms with E-state index in [-0.39, 0.29) is 0 Å². The van der Waals surface area contributed by atoms with Crippen LogP contribution in [0, 0.1) is 0 Å². The molecule has 0 fully saturated rings. The lowest BCUT2D eigenvalue weighted by Gasteiger charge is -2.14. The van der Waals surface area contributed by atoms with E-state index in [4.69, 9.17) is 11.6 Å². The Hall–Kier alpha value is -1.03. The highest BCUT2D eigenvalue weighted by atomic mass is 35.5. The third-order valence-electron chi connectivity index (χ3n) is 3.09. The van der Waals surface area contributed by atoms with Crippen molar-refractivity contribution in [2.75, 3.05) is 19.0 Å². The highest BCUT2D eigenvalue weighted by Gasteiger charge is 2.07. The zero-order valence-electron chi connectivity index (χ0n) is 11.5. The van der Waals surface area contributed by atoms with Gasteiger partial charge in [-0.1, -0.05) is 23.7 Å². The Morgan fingerprint density at radius 2 is 1.84 bits per heavy atom. The van der Waals surface area contributed by atoms with Gasteiger partial charge in [0.15, 0.2) is 0 Å². The summed E-state index contributed by atoms with van der Waals surface area (Å²) in [6, 6.07) is 13.0. The van der Waals surface area contributed by atoms with Crippen molar-refractivity contribution in [3.63, 3.8) is 0 Å². The fraction of sp³-hybridized carbons (Fsp3) is 0.333. The molecule has 2 aromatic rings. The van der Waals surface area contributed by atoms with Crippen LogP contribution >= 0.6 is 22.9 Å². The van der Waals surface area contributed by atoms with Crippen molar-refractivity contribution in [2.45, 2.75) is 19.5 Å². The summed E-state index contributed by atoms with van der Waals surface area (Å²) in [7, 11) is 4.10. The smallest absolute Gasteiger partial charge is 0.0931 e. The Balaban J connectivity index is 1.91. The lowest BCUT2D eigenvalue weighted by molar-refractivity contribution is 0.583. The van der Waals surface area contributed by atoms with Crippen LogP contribution in [-0.4, -0.2) is 14.1 Å². The van der Waals surface area contributed by atoms with Crippen molar-refractivity contribution in [3.05, 3.63) is 51.2 Å². The van der Waals surface area contributed by atoms with Gasteiger partial charge in [-0.05, 0) is 36.8 Å². The Morgan fingerprint density at radius 3 is 2.37 bits per heavy atom. The van der Waals surface area contributed by atoms with E-state index in [9.17, 15) is 0 Å². The highest BCUT2D eigenvalue weighted by Crippen LogP contribution is 2.26. The zero-order chi connectivity index (χ0) is 13.8. The van der Waals surface area contributed by atoms with E-state index in [1.807, 2.05) is 6.07 Å². The van der Waals surface area contributed by atoms with Crippen LogP contribution in [-0.2, 0) is 6.54 Å². The van der Waals surface area contributed by atoms with Gasteiger partial charge in [-0.2, -0.15) is 0 Å². The molecular formula is C15H19ClN2S. The summed E-state index contributed by atoms with van der Waals surface area (Å²) in [6.45, 7) is 3.03. The van der Waals surface area contributed by atoms with Crippen LogP contribution in [0.25, 0.3) is 0 Å². The summed E-state index contributed by atoms with van der Waals surface area (Å²) in [6.07, 6.45) is 0. The second-order valence-corrected chi connectivity index (χ2v) is 6.55. The molecular weight excluding hydrogens is 276 g/mol. The molecule has 0 amide bonds. The van der Waals surface area contributed by atoms with E-state index < -0.39 is 0 Å². The second-order valence-electron chi connectivity index (χ2n) is 4.81. The molecule has 102 valence electrons. The summed E-state index contributed by atoms with van der Waals surface area (Å²) in [5.41, 5.74) is 2.52. The molecule has 1 unspecified atom stereocenters. The monoisotopic (exact) mass is 294 g/mol. The molecule has 1 aromatic heterocycles. The molecule has 1 atom stereocenters. The van der Waals surface area contributed by atoms with Gasteiger partial charge in [-0.25, -0.2) is 0 Å². The predicted molar refractivity (Wildman–Crippen MR) is 85.4 cm³/mol. The molecule has 4 heteroatoms. The van der Waals surface area contributed by atoms with Crippen LogP contribution in [0.3, 0.4) is 0 Å². The van der Waals surface area contributed by atoms with Crippen molar-refractivity contribution in [3.8, 4) is 0 Å². The average molecular weight is 295 g/mol. The van der Waals surface area contributed by atoms with E-state index in [2.05, 4.69) is 61.6 Å². The van der Waals surface area contributed by atoms with Gasteiger partial charge in [-0.15, -0.1) is 11.3 Å². The topological polar surface area (TPSA) is 15.3 Å². The maximum Gasteiger partial charge on any atom is 0.0931 e. The van der Waals surface area contributed by atoms with Gasteiger partial charge >= 0.3 is 0 Å². The molecule has 2 nitrogen and oxygen atoms in total. The van der Waals surface area contributed by atoms with Crippen molar-refractivity contribution in [1.82, 2.24) is 5.32 Å². The Labute approximate surface area is 124 Å². The minimum absolute atomic E-state index is 0.325. The van der Waals surface area contributed by atoms with E-state index in [0.717, 1.165) is 10.9 Å². The molecule has 0 aliphatic heterocycles. The number of benzene rings is 1. The fourth-order valence-electron chi connectivity index (χ4n) is 1.84. The number of anilines is 1. The number of nitrogens with zero attached hydrogens (tertiary/aromatic N) is 1. The Bertz CT molecular complexity index is 519. The first kappa shape index (κ1) is 14.4. The molecule has 0 saturated carbocycles.